The molecule has 1 aromatic heterocycles. The average Bonchev–Trinajstić information content (AvgIpc) is 3.40. The van der Waals surface area contributed by atoms with E-state index < -0.39 is 10.0 Å². The Balaban J connectivity index is 1.59. The number of benzene rings is 2. The van der Waals surface area contributed by atoms with Gasteiger partial charge in [0.2, 0.25) is 10.0 Å². The van der Waals surface area contributed by atoms with E-state index in [1.165, 1.54) is 0 Å². The van der Waals surface area contributed by atoms with Gasteiger partial charge in [0, 0.05) is 29.6 Å². The molecule has 0 bridgehead atoms. The summed E-state index contributed by atoms with van der Waals surface area (Å²) in [4.78, 5) is 5.04. The first-order valence-corrected chi connectivity index (χ1v) is 11.1. The Morgan fingerprint density at radius 3 is 2.48 bits per heavy atom. The Kier molecular flexibility index (Phi) is 4.99. The predicted molar refractivity (Wildman–Crippen MR) is 108 cm³/mol. The molecule has 2 aromatic carbocycles. The maximum absolute atomic E-state index is 12.6. The quantitative estimate of drug-likeness (QED) is 0.642. The highest BCUT2D eigenvalue weighted by atomic mass is 32.2. The molecule has 0 atom stereocenters. The van der Waals surface area contributed by atoms with E-state index in [-0.39, 0.29) is 0 Å². The van der Waals surface area contributed by atoms with Crippen LogP contribution in [-0.2, 0) is 10.0 Å². The molecule has 1 aliphatic heterocycles. The van der Waals surface area contributed by atoms with Crippen molar-refractivity contribution in [1.82, 2.24) is 9.29 Å². The molecule has 140 valence electrons. The number of hydrogen-bond acceptors (Lipinski definition) is 5. The van der Waals surface area contributed by atoms with E-state index in [2.05, 4.69) is 0 Å². The number of rotatable bonds is 5. The average molecular weight is 401 g/mol. The summed E-state index contributed by atoms with van der Waals surface area (Å²) in [5.41, 5.74) is 2.74. The molecule has 0 spiro atoms. The summed E-state index contributed by atoms with van der Waals surface area (Å²) >= 11 is 1.55. The van der Waals surface area contributed by atoms with Crippen LogP contribution in [0.4, 0.5) is 0 Å². The van der Waals surface area contributed by atoms with E-state index in [1.54, 1.807) is 34.9 Å². The van der Waals surface area contributed by atoms with Crippen LogP contribution in [0.1, 0.15) is 12.8 Å². The number of thiazole rings is 1. The number of ether oxygens (including phenoxy) is 1. The lowest BCUT2D eigenvalue weighted by atomic mass is 10.2. The Labute approximate surface area is 163 Å². The minimum Gasteiger partial charge on any atom is -0.497 e. The second-order valence-electron chi connectivity index (χ2n) is 6.41. The Morgan fingerprint density at radius 1 is 1.04 bits per heavy atom. The van der Waals surface area contributed by atoms with Crippen molar-refractivity contribution in [3.63, 3.8) is 0 Å². The van der Waals surface area contributed by atoms with Gasteiger partial charge in [-0.25, -0.2) is 13.4 Å². The van der Waals surface area contributed by atoms with Gasteiger partial charge < -0.3 is 4.74 Å². The van der Waals surface area contributed by atoms with Crippen molar-refractivity contribution in [2.75, 3.05) is 20.2 Å². The monoisotopic (exact) mass is 400 g/mol. The van der Waals surface area contributed by atoms with Crippen molar-refractivity contribution in [2.45, 2.75) is 17.7 Å². The van der Waals surface area contributed by atoms with E-state index in [9.17, 15) is 8.42 Å². The van der Waals surface area contributed by atoms with Crippen molar-refractivity contribution in [3.05, 3.63) is 53.9 Å². The lowest BCUT2D eigenvalue weighted by molar-refractivity contribution is 0.415. The van der Waals surface area contributed by atoms with Gasteiger partial charge in [-0.15, -0.1) is 11.3 Å². The maximum Gasteiger partial charge on any atom is 0.243 e. The first-order valence-electron chi connectivity index (χ1n) is 8.78. The Bertz CT molecular complexity index is 1040. The van der Waals surface area contributed by atoms with Crippen LogP contribution >= 0.6 is 11.3 Å². The second-order valence-corrected chi connectivity index (χ2v) is 9.20. The highest BCUT2D eigenvalue weighted by Crippen LogP contribution is 2.31. The molecule has 1 saturated heterocycles. The molecule has 7 heteroatoms. The van der Waals surface area contributed by atoms with Crippen LogP contribution in [0.3, 0.4) is 0 Å². The second kappa shape index (κ2) is 7.42. The lowest BCUT2D eigenvalue weighted by Crippen LogP contribution is -2.27. The van der Waals surface area contributed by atoms with Gasteiger partial charge >= 0.3 is 0 Å². The van der Waals surface area contributed by atoms with Crippen molar-refractivity contribution in [2.24, 2.45) is 0 Å². The number of methoxy groups -OCH3 is 1. The fraction of sp³-hybridized carbons (Fsp3) is 0.250. The summed E-state index contributed by atoms with van der Waals surface area (Å²) in [6.45, 7) is 1.22. The molecule has 5 nitrogen and oxygen atoms in total. The summed E-state index contributed by atoms with van der Waals surface area (Å²) in [7, 11) is -1.74. The van der Waals surface area contributed by atoms with E-state index in [1.807, 2.05) is 41.8 Å². The summed E-state index contributed by atoms with van der Waals surface area (Å²) in [6.07, 6.45) is 1.87. The van der Waals surface area contributed by atoms with Crippen LogP contribution in [0.15, 0.2) is 58.8 Å². The minimum absolute atomic E-state index is 0.344. The number of aromatic nitrogens is 1. The molecule has 0 amide bonds. The molecule has 1 fully saturated rings. The third-order valence-electron chi connectivity index (χ3n) is 4.67. The van der Waals surface area contributed by atoms with Crippen molar-refractivity contribution in [1.29, 1.82) is 0 Å². The van der Waals surface area contributed by atoms with Gasteiger partial charge in [-0.3, -0.25) is 0 Å². The van der Waals surface area contributed by atoms with Gasteiger partial charge in [0.15, 0.2) is 0 Å². The smallest absolute Gasteiger partial charge is 0.243 e. The van der Waals surface area contributed by atoms with Crippen LogP contribution in [-0.4, -0.2) is 37.9 Å². The van der Waals surface area contributed by atoms with E-state index in [0.717, 1.165) is 40.4 Å². The Morgan fingerprint density at radius 2 is 1.78 bits per heavy atom. The minimum atomic E-state index is -3.38. The molecule has 0 saturated carbocycles. The zero-order chi connectivity index (χ0) is 18.9. The number of hydrogen-bond donors (Lipinski definition) is 0. The molecule has 4 rings (SSSR count). The van der Waals surface area contributed by atoms with Crippen LogP contribution < -0.4 is 4.74 Å². The van der Waals surface area contributed by atoms with E-state index >= 15 is 0 Å². The third kappa shape index (κ3) is 3.63. The van der Waals surface area contributed by atoms with E-state index in [4.69, 9.17) is 9.72 Å². The molecule has 3 aromatic rings. The molecule has 0 N–H and O–H groups in total. The van der Waals surface area contributed by atoms with Crippen LogP contribution in [0.5, 0.6) is 5.75 Å². The van der Waals surface area contributed by atoms with Crippen molar-refractivity contribution in [3.8, 4) is 27.6 Å². The van der Waals surface area contributed by atoms with E-state index in [0.29, 0.717) is 18.0 Å². The predicted octanol–water partition coefficient (Wildman–Crippen LogP) is 4.27. The van der Waals surface area contributed by atoms with Crippen molar-refractivity contribution < 1.29 is 13.2 Å². The van der Waals surface area contributed by atoms with Gasteiger partial charge in [-0.05, 0) is 37.1 Å². The lowest BCUT2D eigenvalue weighted by Gasteiger charge is -2.15. The molecule has 1 aliphatic rings. The first kappa shape index (κ1) is 18.2. The van der Waals surface area contributed by atoms with Gasteiger partial charge in [0.25, 0.3) is 0 Å². The van der Waals surface area contributed by atoms with Crippen LogP contribution in [0.2, 0.25) is 0 Å². The number of sulfonamides is 1. The summed E-state index contributed by atoms with van der Waals surface area (Å²) in [5.74, 6) is 0.792. The fourth-order valence-corrected chi connectivity index (χ4v) is 5.51. The number of nitrogens with zero attached hydrogens (tertiary/aromatic N) is 2. The molecular weight excluding hydrogens is 380 g/mol. The first-order chi connectivity index (χ1) is 13.1. The largest absolute Gasteiger partial charge is 0.497 e. The zero-order valence-electron chi connectivity index (χ0n) is 15.0. The van der Waals surface area contributed by atoms with Crippen LogP contribution in [0, 0.1) is 0 Å². The van der Waals surface area contributed by atoms with Crippen molar-refractivity contribution >= 4 is 21.4 Å². The van der Waals surface area contributed by atoms with Gasteiger partial charge in [-0.2, -0.15) is 4.31 Å². The highest BCUT2D eigenvalue weighted by Gasteiger charge is 2.27. The summed E-state index contributed by atoms with van der Waals surface area (Å²) in [6, 6.07) is 14.8. The molecule has 0 radical (unpaired) electrons. The molecular formula is C20H20N2O3S2. The highest BCUT2D eigenvalue weighted by molar-refractivity contribution is 7.89. The third-order valence-corrected chi connectivity index (χ3v) is 7.48. The fourth-order valence-electron chi connectivity index (χ4n) is 3.17. The van der Waals surface area contributed by atoms with Gasteiger partial charge in [0.05, 0.1) is 17.7 Å². The molecule has 0 aliphatic carbocycles. The normalized spacial score (nSPS) is 15.1. The summed E-state index contributed by atoms with van der Waals surface area (Å²) in [5, 5.41) is 2.89. The molecule has 0 unspecified atom stereocenters. The topological polar surface area (TPSA) is 59.5 Å². The Hall–Kier alpha value is -2.22. The van der Waals surface area contributed by atoms with Crippen LogP contribution in [0.25, 0.3) is 21.8 Å². The van der Waals surface area contributed by atoms with Gasteiger partial charge in [-0.1, -0.05) is 24.3 Å². The molecule has 2 heterocycles. The molecule has 27 heavy (non-hydrogen) atoms. The zero-order valence-corrected chi connectivity index (χ0v) is 16.6. The van der Waals surface area contributed by atoms with Gasteiger partial charge in [0.1, 0.15) is 10.8 Å². The SMILES string of the molecule is COc1cccc(-c2nc(-c3ccc(S(=O)(=O)N4CCCC4)cc3)cs2)c1. The standard InChI is InChI=1S/C20H20N2O3S2/c1-25-17-6-4-5-16(13-17)20-21-19(14-26-20)15-7-9-18(10-8-15)27(23,24)22-11-2-3-12-22/h4-10,13-14H,2-3,11-12H2,1H3. The maximum atomic E-state index is 12.6. The summed E-state index contributed by atoms with van der Waals surface area (Å²) < 4.78 is 32.1.